The van der Waals surface area contributed by atoms with Crippen LogP contribution in [-0.4, -0.2) is 88.8 Å². The van der Waals surface area contributed by atoms with Crippen LogP contribution >= 0.6 is 0 Å². The minimum Gasteiger partial charge on any atom is -0.368 e. The van der Waals surface area contributed by atoms with Crippen LogP contribution in [0.3, 0.4) is 0 Å². The molecule has 2 saturated heterocycles. The molecule has 4 rings (SSSR count). The number of hydrogen-bond acceptors (Lipinski definition) is 6. The van der Waals surface area contributed by atoms with E-state index in [1.807, 2.05) is 48.6 Å². The van der Waals surface area contributed by atoms with Crippen LogP contribution in [0.4, 0.5) is 11.4 Å². The van der Waals surface area contributed by atoms with E-state index < -0.39 is 0 Å². The summed E-state index contributed by atoms with van der Waals surface area (Å²) in [5.41, 5.74) is 4.88. The smallest absolute Gasteiger partial charge is 0.150 e. The highest BCUT2D eigenvalue weighted by atomic mass is 16.1. The van der Waals surface area contributed by atoms with Crippen LogP contribution in [0.15, 0.2) is 59.7 Å². The van der Waals surface area contributed by atoms with E-state index in [9.17, 15) is 9.59 Å². The Morgan fingerprint density at radius 3 is 1.29 bits per heavy atom. The second-order valence-electron chi connectivity index (χ2n) is 9.13. The lowest BCUT2D eigenvalue weighted by molar-refractivity contribution is -0.107. The summed E-state index contributed by atoms with van der Waals surface area (Å²) < 4.78 is 0. The van der Waals surface area contributed by atoms with Crippen LogP contribution in [0.2, 0.25) is 0 Å². The number of nitrogens with zero attached hydrogens (tertiary/aromatic N) is 4. The molecule has 0 radical (unpaired) electrons. The summed E-state index contributed by atoms with van der Waals surface area (Å²) in [6.07, 6.45) is 5.28. The number of likely N-dealkylation sites (N-methyl/N-ethyl adjacent to an activating group) is 2. The van der Waals surface area contributed by atoms with E-state index in [0.29, 0.717) is 11.1 Å². The molecule has 34 heavy (non-hydrogen) atoms. The predicted molar refractivity (Wildman–Crippen MR) is 140 cm³/mol. The number of carbonyl (C=O) groups excluding carboxylic acids is 2. The van der Waals surface area contributed by atoms with Gasteiger partial charge in [0.25, 0.3) is 0 Å². The molecule has 2 heterocycles. The average Bonchev–Trinajstić information content (AvgIpc) is 2.87. The van der Waals surface area contributed by atoms with Crippen molar-refractivity contribution >= 4 is 36.1 Å². The summed E-state index contributed by atoms with van der Waals surface area (Å²) >= 11 is 0. The van der Waals surface area contributed by atoms with E-state index >= 15 is 0 Å². The molecule has 2 aromatic rings. The number of anilines is 2. The number of benzene rings is 2. The molecule has 0 atom stereocenters. The van der Waals surface area contributed by atoms with Crippen molar-refractivity contribution in [3.8, 4) is 0 Å². The van der Waals surface area contributed by atoms with E-state index in [1.165, 1.54) is 0 Å². The zero-order valence-corrected chi connectivity index (χ0v) is 20.2. The number of hydrogen-bond donors (Lipinski definition) is 0. The highest BCUT2D eigenvalue weighted by Gasteiger charge is 2.18. The number of para-hydroxylation sites is 2. The maximum atomic E-state index is 12.1. The molecule has 2 aliphatic heterocycles. The van der Waals surface area contributed by atoms with Crippen molar-refractivity contribution in [2.45, 2.75) is 0 Å². The van der Waals surface area contributed by atoms with Gasteiger partial charge in [-0.15, -0.1) is 0 Å². The Bertz CT molecular complexity index is 976. The van der Waals surface area contributed by atoms with Crippen LogP contribution in [0.25, 0.3) is 12.2 Å². The molecule has 0 spiro atoms. The van der Waals surface area contributed by atoms with E-state index in [-0.39, 0.29) is 0 Å². The molecular weight excluding hydrogens is 424 g/mol. The quantitative estimate of drug-likeness (QED) is 0.361. The second kappa shape index (κ2) is 11.3. The number of allylic oxidation sites excluding steroid dienone is 2. The van der Waals surface area contributed by atoms with Gasteiger partial charge in [-0.05, 0) is 49.5 Å². The molecule has 2 aliphatic rings. The van der Waals surface area contributed by atoms with Crippen LogP contribution in [0.5, 0.6) is 0 Å². The van der Waals surface area contributed by atoms with Gasteiger partial charge in [0.15, 0.2) is 12.6 Å². The van der Waals surface area contributed by atoms with Crippen molar-refractivity contribution in [2.75, 3.05) is 76.3 Å². The molecule has 0 amide bonds. The Morgan fingerprint density at radius 1 is 0.588 bits per heavy atom. The number of aldehydes is 2. The minimum absolute atomic E-state index is 0.393. The highest BCUT2D eigenvalue weighted by molar-refractivity contribution is 6.03. The van der Waals surface area contributed by atoms with E-state index in [1.54, 1.807) is 0 Å². The summed E-state index contributed by atoms with van der Waals surface area (Å²) in [4.78, 5) is 33.6. The summed E-state index contributed by atoms with van der Waals surface area (Å²) in [7, 11) is 4.27. The average molecular weight is 459 g/mol. The Kier molecular flexibility index (Phi) is 7.93. The zero-order chi connectivity index (χ0) is 23.9. The molecular formula is C28H34N4O2. The first-order chi connectivity index (χ1) is 16.6. The van der Waals surface area contributed by atoms with E-state index in [4.69, 9.17) is 0 Å². The second-order valence-corrected chi connectivity index (χ2v) is 9.13. The fourth-order valence-electron chi connectivity index (χ4n) is 4.60. The molecule has 6 nitrogen and oxygen atoms in total. The van der Waals surface area contributed by atoms with Gasteiger partial charge in [-0.1, -0.05) is 36.4 Å². The molecule has 2 aromatic carbocycles. The SMILES string of the molecule is CN1CCN(c2ccccc2C=C(C=O)C(C=O)=Cc2ccccc2N2CCN(C)CC2)CC1. The van der Waals surface area contributed by atoms with Crippen molar-refractivity contribution in [1.29, 1.82) is 0 Å². The normalized spacial score (nSPS) is 18.8. The Labute approximate surface area is 202 Å². The van der Waals surface area contributed by atoms with Gasteiger partial charge in [-0.25, -0.2) is 0 Å². The molecule has 0 aromatic heterocycles. The Hall–Kier alpha value is -3.22. The first kappa shape index (κ1) is 23.9. The monoisotopic (exact) mass is 458 g/mol. The fraction of sp³-hybridized carbons (Fsp3) is 0.357. The number of carbonyl (C=O) groups is 2. The first-order valence-corrected chi connectivity index (χ1v) is 12.0. The van der Waals surface area contributed by atoms with Crippen molar-refractivity contribution in [1.82, 2.24) is 9.80 Å². The molecule has 2 fully saturated rings. The topological polar surface area (TPSA) is 47.1 Å². The third-order valence-electron chi connectivity index (χ3n) is 6.77. The van der Waals surface area contributed by atoms with Crippen LogP contribution in [-0.2, 0) is 9.59 Å². The zero-order valence-electron chi connectivity index (χ0n) is 20.2. The van der Waals surface area contributed by atoms with Gasteiger partial charge >= 0.3 is 0 Å². The molecule has 0 aliphatic carbocycles. The lowest BCUT2D eigenvalue weighted by atomic mass is 10.00. The Balaban J connectivity index is 1.66. The van der Waals surface area contributed by atoms with Crippen molar-refractivity contribution < 1.29 is 9.59 Å². The molecule has 178 valence electrons. The van der Waals surface area contributed by atoms with Gasteiger partial charge < -0.3 is 19.6 Å². The van der Waals surface area contributed by atoms with Gasteiger partial charge in [-0.2, -0.15) is 0 Å². The number of piperazine rings is 2. The predicted octanol–water partition coefficient (Wildman–Crippen LogP) is 3.06. The maximum absolute atomic E-state index is 12.1. The van der Waals surface area contributed by atoms with Gasteiger partial charge in [0.2, 0.25) is 0 Å². The molecule has 0 saturated carbocycles. The summed E-state index contributed by atoms with van der Waals surface area (Å²) in [6, 6.07) is 16.2. The van der Waals surface area contributed by atoms with Crippen molar-refractivity contribution in [3.63, 3.8) is 0 Å². The summed E-state index contributed by atoms with van der Waals surface area (Å²) in [5, 5.41) is 0. The standard InChI is InChI=1S/C28H34N4O2/c1-29-11-15-31(16-12-29)27-9-5-3-7-23(27)19-25(21-33)26(22-34)20-24-8-4-6-10-28(24)32-17-13-30(2)14-18-32/h3-10,19-22H,11-18H2,1-2H3. The van der Waals surface area contributed by atoms with E-state index in [0.717, 1.165) is 87.4 Å². The Morgan fingerprint density at radius 2 is 0.941 bits per heavy atom. The van der Waals surface area contributed by atoms with Crippen molar-refractivity contribution in [2.24, 2.45) is 0 Å². The lowest BCUT2D eigenvalue weighted by Crippen LogP contribution is -2.44. The molecule has 0 N–H and O–H groups in total. The largest absolute Gasteiger partial charge is 0.368 e. The van der Waals surface area contributed by atoms with Crippen molar-refractivity contribution in [3.05, 3.63) is 70.8 Å². The van der Waals surface area contributed by atoms with Crippen LogP contribution in [0, 0.1) is 0 Å². The van der Waals surface area contributed by atoms with Crippen LogP contribution < -0.4 is 9.80 Å². The van der Waals surface area contributed by atoms with E-state index in [2.05, 4.69) is 45.8 Å². The maximum Gasteiger partial charge on any atom is 0.150 e. The number of rotatable bonds is 7. The highest BCUT2D eigenvalue weighted by Crippen LogP contribution is 2.28. The third-order valence-corrected chi connectivity index (χ3v) is 6.77. The summed E-state index contributed by atoms with van der Waals surface area (Å²) in [5.74, 6) is 0. The molecule has 6 heteroatoms. The van der Waals surface area contributed by atoms with Gasteiger partial charge in [-0.3, -0.25) is 9.59 Å². The van der Waals surface area contributed by atoms with Gasteiger partial charge in [0, 0.05) is 74.9 Å². The van der Waals surface area contributed by atoms with Crippen LogP contribution in [0.1, 0.15) is 11.1 Å². The lowest BCUT2D eigenvalue weighted by Gasteiger charge is -2.35. The summed E-state index contributed by atoms with van der Waals surface area (Å²) in [6.45, 7) is 7.75. The first-order valence-electron chi connectivity index (χ1n) is 12.0. The van der Waals surface area contributed by atoms with Gasteiger partial charge in [0.05, 0.1) is 0 Å². The molecule has 0 bridgehead atoms. The fourth-order valence-corrected chi connectivity index (χ4v) is 4.60. The molecule has 0 unspecified atom stereocenters. The minimum atomic E-state index is 0.393. The third kappa shape index (κ3) is 5.64. The van der Waals surface area contributed by atoms with Gasteiger partial charge in [0.1, 0.15) is 0 Å².